The van der Waals surface area contributed by atoms with Crippen LogP contribution in [-0.2, 0) is 0 Å². The maximum atomic E-state index is 11.6. The van der Waals surface area contributed by atoms with E-state index in [1.807, 2.05) is 0 Å². The van der Waals surface area contributed by atoms with Crippen molar-refractivity contribution in [3.8, 4) is 11.5 Å². The Morgan fingerprint density at radius 3 is 3.00 bits per heavy atom. The third kappa shape index (κ3) is 3.35. The molecule has 0 radical (unpaired) electrons. The van der Waals surface area contributed by atoms with Crippen molar-refractivity contribution in [1.82, 2.24) is 10.6 Å². The first-order valence-electron chi connectivity index (χ1n) is 5.61. The van der Waals surface area contributed by atoms with E-state index in [9.17, 15) is 4.79 Å². The number of methoxy groups -OCH3 is 1. The number of nitrogens with one attached hydrogen (secondary N) is 2. The lowest BCUT2D eigenvalue weighted by Crippen LogP contribution is -2.38. The summed E-state index contributed by atoms with van der Waals surface area (Å²) in [6.07, 6.45) is 0.514. The lowest BCUT2D eigenvalue weighted by molar-refractivity contribution is 0.196. The maximum absolute atomic E-state index is 11.6. The standard InChI is InChI=1S/C12H16N2O3/c1-16-10-3-2-4-11(7-10)17-12(15)14-9-5-6-13-8-9/h2-4,7,9,13H,5-6,8H2,1H3,(H,14,15). The quantitative estimate of drug-likeness (QED) is 0.826. The number of carbonyl (C=O) groups excluding carboxylic acids is 1. The largest absolute Gasteiger partial charge is 0.497 e. The highest BCUT2D eigenvalue weighted by atomic mass is 16.6. The van der Waals surface area contributed by atoms with Gasteiger partial charge in [-0.3, -0.25) is 0 Å². The van der Waals surface area contributed by atoms with Crippen molar-refractivity contribution in [2.75, 3.05) is 20.2 Å². The zero-order chi connectivity index (χ0) is 12.1. The third-order valence-electron chi connectivity index (χ3n) is 2.63. The van der Waals surface area contributed by atoms with Crippen LogP contribution < -0.4 is 20.1 Å². The molecule has 0 aromatic heterocycles. The highest BCUT2D eigenvalue weighted by Gasteiger charge is 2.17. The van der Waals surface area contributed by atoms with Crippen LogP contribution in [0, 0.1) is 0 Å². The summed E-state index contributed by atoms with van der Waals surface area (Å²) in [6.45, 7) is 1.73. The van der Waals surface area contributed by atoms with Gasteiger partial charge in [0.15, 0.2) is 0 Å². The maximum Gasteiger partial charge on any atom is 0.412 e. The van der Waals surface area contributed by atoms with Gasteiger partial charge in [-0.1, -0.05) is 6.07 Å². The molecule has 1 fully saturated rings. The minimum Gasteiger partial charge on any atom is -0.497 e. The second-order valence-corrected chi connectivity index (χ2v) is 3.90. The van der Waals surface area contributed by atoms with Gasteiger partial charge in [-0.05, 0) is 25.1 Å². The van der Waals surface area contributed by atoms with E-state index in [0.717, 1.165) is 19.5 Å². The normalized spacial score (nSPS) is 18.8. The molecule has 5 nitrogen and oxygen atoms in total. The van der Waals surface area contributed by atoms with Crippen molar-refractivity contribution in [1.29, 1.82) is 0 Å². The Labute approximate surface area is 100 Å². The Morgan fingerprint density at radius 2 is 2.29 bits per heavy atom. The Balaban J connectivity index is 1.88. The molecule has 1 atom stereocenters. The molecule has 0 aliphatic carbocycles. The Morgan fingerprint density at radius 1 is 1.47 bits per heavy atom. The van der Waals surface area contributed by atoms with Crippen molar-refractivity contribution in [3.63, 3.8) is 0 Å². The molecule has 92 valence electrons. The van der Waals surface area contributed by atoms with Crippen LogP contribution in [0.25, 0.3) is 0 Å². The molecule has 1 aromatic rings. The average Bonchev–Trinajstić information content (AvgIpc) is 2.82. The number of hydrogen-bond donors (Lipinski definition) is 2. The molecule has 1 unspecified atom stereocenters. The number of rotatable bonds is 3. The molecular weight excluding hydrogens is 220 g/mol. The van der Waals surface area contributed by atoms with E-state index in [0.29, 0.717) is 11.5 Å². The third-order valence-corrected chi connectivity index (χ3v) is 2.63. The Hall–Kier alpha value is -1.75. The summed E-state index contributed by atoms with van der Waals surface area (Å²) >= 11 is 0. The van der Waals surface area contributed by atoms with Crippen LogP contribution in [0.15, 0.2) is 24.3 Å². The molecule has 0 saturated carbocycles. The van der Waals surface area contributed by atoms with Gasteiger partial charge in [-0.2, -0.15) is 0 Å². The lowest BCUT2D eigenvalue weighted by atomic mass is 10.3. The van der Waals surface area contributed by atoms with Crippen molar-refractivity contribution >= 4 is 6.09 Å². The van der Waals surface area contributed by atoms with Gasteiger partial charge < -0.3 is 20.1 Å². The highest BCUT2D eigenvalue weighted by Crippen LogP contribution is 2.18. The van der Waals surface area contributed by atoms with Gasteiger partial charge in [-0.15, -0.1) is 0 Å². The second-order valence-electron chi connectivity index (χ2n) is 3.90. The predicted octanol–water partition coefficient (Wildman–Crippen LogP) is 1.15. The first kappa shape index (κ1) is 11.7. The molecule has 2 rings (SSSR count). The molecule has 2 N–H and O–H groups in total. The van der Waals surface area contributed by atoms with E-state index < -0.39 is 6.09 Å². The van der Waals surface area contributed by atoms with Crippen LogP contribution in [0.1, 0.15) is 6.42 Å². The summed E-state index contributed by atoms with van der Waals surface area (Å²) in [6, 6.07) is 7.12. The SMILES string of the molecule is COc1cccc(OC(=O)NC2CCNC2)c1. The van der Waals surface area contributed by atoms with E-state index in [2.05, 4.69) is 10.6 Å². The minimum absolute atomic E-state index is 0.160. The number of carbonyl (C=O) groups is 1. The molecule has 1 aliphatic rings. The molecule has 1 saturated heterocycles. The van der Waals surface area contributed by atoms with E-state index in [4.69, 9.17) is 9.47 Å². The minimum atomic E-state index is -0.424. The summed E-state index contributed by atoms with van der Waals surface area (Å²) in [7, 11) is 1.57. The molecule has 1 amide bonds. The summed E-state index contributed by atoms with van der Waals surface area (Å²) in [5, 5.41) is 5.97. The van der Waals surface area contributed by atoms with Gasteiger partial charge in [-0.25, -0.2) is 4.79 Å². The van der Waals surface area contributed by atoms with Gasteiger partial charge in [0.1, 0.15) is 11.5 Å². The van der Waals surface area contributed by atoms with Crippen molar-refractivity contribution in [2.24, 2.45) is 0 Å². The fourth-order valence-electron chi connectivity index (χ4n) is 1.75. The predicted molar refractivity (Wildman–Crippen MR) is 63.4 cm³/mol. The number of benzene rings is 1. The van der Waals surface area contributed by atoms with Crippen molar-refractivity contribution in [3.05, 3.63) is 24.3 Å². The molecule has 1 aromatic carbocycles. The summed E-state index contributed by atoms with van der Waals surface area (Å²) in [4.78, 5) is 11.6. The topological polar surface area (TPSA) is 59.6 Å². The Bertz CT molecular complexity index is 389. The van der Waals surface area contributed by atoms with Gasteiger partial charge in [0, 0.05) is 18.7 Å². The lowest BCUT2D eigenvalue weighted by Gasteiger charge is -2.11. The van der Waals surface area contributed by atoms with Crippen LogP contribution in [0.5, 0.6) is 11.5 Å². The first-order valence-corrected chi connectivity index (χ1v) is 5.61. The van der Waals surface area contributed by atoms with E-state index in [1.54, 1.807) is 31.4 Å². The molecule has 17 heavy (non-hydrogen) atoms. The van der Waals surface area contributed by atoms with Crippen molar-refractivity contribution in [2.45, 2.75) is 12.5 Å². The van der Waals surface area contributed by atoms with Gasteiger partial charge >= 0.3 is 6.09 Å². The average molecular weight is 236 g/mol. The fraction of sp³-hybridized carbons (Fsp3) is 0.417. The molecule has 0 bridgehead atoms. The van der Waals surface area contributed by atoms with E-state index in [1.165, 1.54) is 0 Å². The Kier molecular flexibility index (Phi) is 3.82. The smallest absolute Gasteiger partial charge is 0.412 e. The fourth-order valence-corrected chi connectivity index (χ4v) is 1.75. The van der Waals surface area contributed by atoms with Crippen LogP contribution >= 0.6 is 0 Å². The molecule has 0 spiro atoms. The van der Waals surface area contributed by atoms with Crippen LogP contribution in [0.4, 0.5) is 4.79 Å². The summed E-state index contributed by atoms with van der Waals surface area (Å²) in [5.74, 6) is 1.14. The van der Waals surface area contributed by atoms with Crippen LogP contribution in [0.2, 0.25) is 0 Å². The van der Waals surface area contributed by atoms with Gasteiger partial charge in [0.2, 0.25) is 0 Å². The number of ether oxygens (including phenoxy) is 2. The van der Waals surface area contributed by atoms with E-state index >= 15 is 0 Å². The first-order chi connectivity index (χ1) is 8.28. The second kappa shape index (κ2) is 5.54. The van der Waals surface area contributed by atoms with Gasteiger partial charge in [0.25, 0.3) is 0 Å². The van der Waals surface area contributed by atoms with Gasteiger partial charge in [0.05, 0.1) is 7.11 Å². The van der Waals surface area contributed by atoms with E-state index in [-0.39, 0.29) is 6.04 Å². The molecular formula is C12H16N2O3. The number of hydrogen-bond acceptors (Lipinski definition) is 4. The summed E-state index contributed by atoms with van der Waals surface area (Å²) < 4.78 is 10.2. The highest BCUT2D eigenvalue weighted by molar-refractivity contribution is 5.70. The van der Waals surface area contributed by atoms with Crippen molar-refractivity contribution < 1.29 is 14.3 Å². The molecule has 1 heterocycles. The molecule has 5 heteroatoms. The zero-order valence-electron chi connectivity index (χ0n) is 9.73. The number of amides is 1. The van der Waals surface area contributed by atoms with Crippen LogP contribution in [-0.4, -0.2) is 32.3 Å². The molecule has 1 aliphatic heterocycles. The summed E-state index contributed by atoms with van der Waals surface area (Å²) in [5.41, 5.74) is 0. The zero-order valence-corrected chi connectivity index (χ0v) is 9.73. The van der Waals surface area contributed by atoms with Crippen LogP contribution in [0.3, 0.4) is 0 Å². The monoisotopic (exact) mass is 236 g/mol.